The molecule has 0 aliphatic heterocycles. The summed E-state index contributed by atoms with van der Waals surface area (Å²) >= 11 is 0. The molecule has 0 radical (unpaired) electrons. The molecule has 0 aliphatic carbocycles. The minimum Gasteiger partial charge on any atom is -0.350 e. The predicted octanol–water partition coefficient (Wildman–Crippen LogP) is 0.0873. The van der Waals surface area contributed by atoms with Crippen LogP contribution in [0.4, 0.5) is 0 Å². The van der Waals surface area contributed by atoms with Crippen molar-refractivity contribution < 1.29 is 4.79 Å². The molecule has 0 aromatic carbocycles. The largest absolute Gasteiger partial charge is 0.350 e. The first-order valence-electron chi connectivity index (χ1n) is 4.22. The van der Waals surface area contributed by atoms with E-state index >= 15 is 0 Å². The average Bonchev–Trinajstić information content (AvgIpc) is 2.47. The van der Waals surface area contributed by atoms with Gasteiger partial charge < -0.3 is 5.32 Å². The molecule has 0 saturated carbocycles. The summed E-state index contributed by atoms with van der Waals surface area (Å²) < 4.78 is 1.61. The first kappa shape index (κ1) is 9.70. The van der Waals surface area contributed by atoms with Crippen LogP contribution in [0.3, 0.4) is 0 Å². The topological polar surface area (TPSA) is 59.8 Å². The number of rotatable bonds is 3. The summed E-state index contributed by atoms with van der Waals surface area (Å²) in [5.74, 6) is 0.0438. The summed E-state index contributed by atoms with van der Waals surface area (Å²) in [6, 6.07) is 0. The fraction of sp³-hybridized carbons (Fsp3) is 0.625. The van der Waals surface area contributed by atoms with E-state index in [-0.39, 0.29) is 11.8 Å². The maximum atomic E-state index is 11.2. The van der Waals surface area contributed by atoms with Crippen molar-refractivity contribution in [1.29, 1.82) is 0 Å². The first-order valence-corrected chi connectivity index (χ1v) is 4.22. The van der Waals surface area contributed by atoms with Gasteiger partial charge in [-0.25, -0.2) is 0 Å². The number of amides is 1. The second kappa shape index (κ2) is 4.02. The Morgan fingerprint density at radius 3 is 2.85 bits per heavy atom. The number of aromatic nitrogens is 3. The molecule has 5 nitrogen and oxygen atoms in total. The highest BCUT2D eigenvalue weighted by molar-refractivity contribution is 5.77. The van der Waals surface area contributed by atoms with Gasteiger partial charge in [-0.2, -0.15) is 0 Å². The number of nitrogens with zero attached hydrogens (tertiary/aromatic N) is 3. The molecule has 1 heterocycles. The fourth-order valence-corrected chi connectivity index (χ4v) is 0.858. The highest BCUT2D eigenvalue weighted by atomic mass is 16.1. The number of hydrogen-bond acceptors (Lipinski definition) is 3. The third-order valence-electron chi connectivity index (χ3n) is 1.62. The van der Waals surface area contributed by atoms with Gasteiger partial charge in [0.05, 0.1) is 6.54 Å². The van der Waals surface area contributed by atoms with E-state index < -0.39 is 0 Å². The van der Waals surface area contributed by atoms with Gasteiger partial charge >= 0.3 is 0 Å². The Hall–Kier alpha value is -1.39. The van der Waals surface area contributed by atoms with Crippen molar-refractivity contribution >= 4 is 5.91 Å². The number of carbonyl (C=O) groups excluding carboxylic acids is 1. The van der Waals surface area contributed by atoms with Crippen molar-refractivity contribution in [2.24, 2.45) is 13.0 Å². The van der Waals surface area contributed by atoms with Crippen LogP contribution in [0.25, 0.3) is 0 Å². The van der Waals surface area contributed by atoms with E-state index in [0.29, 0.717) is 6.54 Å². The van der Waals surface area contributed by atoms with Gasteiger partial charge in [0, 0.05) is 19.2 Å². The number of hydrogen-bond donors (Lipinski definition) is 1. The van der Waals surface area contributed by atoms with E-state index in [1.54, 1.807) is 17.9 Å². The summed E-state index contributed by atoms with van der Waals surface area (Å²) in [5.41, 5.74) is 0.775. The van der Waals surface area contributed by atoms with Crippen LogP contribution in [-0.2, 0) is 18.4 Å². The molecule has 0 fully saturated rings. The van der Waals surface area contributed by atoms with Crippen molar-refractivity contribution in [3.63, 3.8) is 0 Å². The quantitative estimate of drug-likeness (QED) is 0.720. The zero-order valence-corrected chi connectivity index (χ0v) is 8.11. The maximum Gasteiger partial charge on any atom is 0.222 e. The molecule has 1 rings (SSSR count). The zero-order chi connectivity index (χ0) is 9.84. The SMILES string of the molecule is CC(C)C(=O)NCc1cn(C)nn1. The van der Waals surface area contributed by atoms with E-state index in [1.807, 2.05) is 13.8 Å². The minimum atomic E-state index is 0.0108. The minimum absolute atomic E-state index is 0.0108. The Bertz CT molecular complexity index is 292. The highest BCUT2D eigenvalue weighted by Crippen LogP contribution is 1.94. The summed E-state index contributed by atoms with van der Waals surface area (Å²) in [6.45, 7) is 4.16. The maximum absolute atomic E-state index is 11.2. The Morgan fingerprint density at radius 2 is 2.38 bits per heavy atom. The lowest BCUT2D eigenvalue weighted by atomic mass is 10.2. The summed E-state index contributed by atoms with van der Waals surface area (Å²) in [5, 5.41) is 10.4. The van der Waals surface area contributed by atoms with Gasteiger partial charge in [0.1, 0.15) is 5.69 Å². The monoisotopic (exact) mass is 182 g/mol. The highest BCUT2D eigenvalue weighted by Gasteiger charge is 2.06. The van der Waals surface area contributed by atoms with Crippen LogP contribution in [0, 0.1) is 5.92 Å². The van der Waals surface area contributed by atoms with Crippen LogP contribution in [0.2, 0.25) is 0 Å². The second-order valence-corrected chi connectivity index (χ2v) is 3.26. The standard InChI is InChI=1S/C8H14N4O/c1-6(2)8(13)9-4-7-5-12(3)11-10-7/h5-6H,4H2,1-3H3,(H,9,13). The van der Waals surface area contributed by atoms with Crippen molar-refractivity contribution in [3.05, 3.63) is 11.9 Å². The Balaban J connectivity index is 2.39. The van der Waals surface area contributed by atoms with Crippen molar-refractivity contribution in [3.8, 4) is 0 Å². The third kappa shape index (κ3) is 2.85. The van der Waals surface area contributed by atoms with E-state index in [0.717, 1.165) is 5.69 Å². The molecule has 0 unspecified atom stereocenters. The molecule has 1 aromatic heterocycles. The fourth-order valence-electron chi connectivity index (χ4n) is 0.858. The molecule has 0 spiro atoms. The number of carbonyl (C=O) groups is 1. The molecule has 0 bridgehead atoms. The first-order chi connectivity index (χ1) is 6.09. The molecule has 0 atom stereocenters. The molecule has 1 amide bonds. The average molecular weight is 182 g/mol. The van der Waals surface area contributed by atoms with E-state index in [1.165, 1.54) is 0 Å². The van der Waals surface area contributed by atoms with Gasteiger partial charge in [0.15, 0.2) is 0 Å². The molecule has 0 saturated heterocycles. The van der Waals surface area contributed by atoms with Gasteiger partial charge in [-0.15, -0.1) is 5.10 Å². The Kier molecular flexibility index (Phi) is 3.00. The zero-order valence-electron chi connectivity index (χ0n) is 8.11. The van der Waals surface area contributed by atoms with Crippen LogP contribution in [0.15, 0.2) is 6.20 Å². The van der Waals surface area contributed by atoms with Gasteiger partial charge in [0.25, 0.3) is 0 Å². The Labute approximate surface area is 77.1 Å². The van der Waals surface area contributed by atoms with E-state index in [4.69, 9.17) is 0 Å². The van der Waals surface area contributed by atoms with Crippen molar-refractivity contribution in [2.75, 3.05) is 0 Å². The van der Waals surface area contributed by atoms with Crippen LogP contribution in [-0.4, -0.2) is 20.9 Å². The molecule has 0 aliphatic rings. The van der Waals surface area contributed by atoms with Crippen LogP contribution >= 0.6 is 0 Å². The molecule has 13 heavy (non-hydrogen) atoms. The molecular weight excluding hydrogens is 168 g/mol. The molecule has 1 N–H and O–H groups in total. The van der Waals surface area contributed by atoms with Crippen LogP contribution in [0.5, 0.6) is 0 Å². The summed E-state index contributed by atoms with van der Waals surface area (Å²) in [6.07, 6.45) is 1.78. The molecule has 5 heteroatoms. The molecule has 72 valence electrons. The Morgan fingerprint density at radius 1 is 1.69 bits per heavy atom. The predicted molar refractivity (Wildman–Crippen MR) is 47.7 cm³/mol. The molecular formula is C8H14N4O. The normalized spacial score (nSPS) is 10.5. The summed E-state index contributed by atoms with van der Waals surface area (Å²) in [4.78, 5) is 11.2. The van der Waals surface area contributed by atoms with Crippen LogP contribution in [0.1, 0.15) is 19.5 Å². The van der Waals surface area contributed by atoms with Gasteiger partial charge in [-0.3, -0.25) is 9.48 Å². The lowest BCUT2D eigenvalue weighted by Crippen LogP contribution is -2.27. The lowest BCUT2D eigenvalue weighted by Gasteiger charge is -2.04. The van der Waals surface area contributed by atoms with Gasteiger partial charge in [0.2, 0.25) is 5.91 Å². The lowest BCUT2D eigenvalue weighted by molar-refractivity contribution is -0.124. The smallest absolute Gasteiger partial charge is 0.222 e. The summed E-state index contributed by atoms with van der Waals surface area (Å²) in [7, 11) is 1.79. The van der Waals surface area contributed by atoms with Gasteiger partial charge in [-0.05, 0) is 0 Å². The second-order valence-electron chi connectivity index (χ2n) is 3.26. The third-order valence-corrected chi connectivity index (χ3v) is 1.62. The number of nitrogens with one attached hydrogen (secondary N) is 1. The van der Waals surface area contributed by atoms with E-state index in [2.05, 4.69) is 15.6 Å². The van der Waals surface area contributed by atoms with Crippen molar-refractivity contribution in [1.82, 2.24) is 20.3 Å². The van der Waals surface area contributed by atoms with Gasteiger partial charge in [-0.1, -0.05) is 19.1 Å². The van der Waals surface area contributed by atoms with Crippen molar-refractivity contribution in [2.45, 2.75) is 20.4 Å². The van der Waals surface area contributed by atoms with Crippen LogP contribution < -0.4 is 5.32 Å². The van der Waals surface area contributed by atoms with E-state index in [9.17, 15) is 4.79 Å². The molecule has 1 aromatic rings. The number of aryl methyl sites for hydroxylation is 1.